The van der Waals surface area contributed by atoms with Crippen LogP contribution in [0, 0.1) is 23.2 Å². The molecular weight excluding hydrogens is 492 g/mol. The third-order valence-corrected chi connectivity index (χ3v) is 8.22. The van der Waals surface area contributed by atoms with Crippen LogP contribution < -0.4 is 0 Å². The van der Waals surface area contributed by atoms with Crippen LogP contribution in [-0.2, 0) is 9.47 Å². The third-order valence-electron chi connectivity index (χ3n) is 7.63. The molecule has 0 amide bonds. The number of carbonyl (C=O) groups excluding carboxylic acids is 1. The Balaban J connectivity index is 2.17. The summed E-state index contributed by atoms with van der Waals surface area (Å²) < 4.78 is 13.4. The highest BCUT2D eigenvalue weighted by Gasteiger charge is 2.39. The molecule has 0 spiro atoms. The lowest BCUT2D eigenvalue weighted by molar-refractivity contribution is 0.0356. The maximum atomic E-state index is 11.9. The summed E-state index contributed by atoms with van der Waals surface area (Å²) >= 11 is 3.43. The molecule has 1 heterocycles. The molecule has 34 heavy (non-hydrogen) atoms. The molecule has 0 radical (unpaired) electrons. The maximum absolute atomic E-state index is 11.9. The summed E-state index contributed by atoms with van der Waals surface area (Å²) in [7, 11) is 0. The minimum absolute atomic E-state index is 0.0969. The number of aromatic nitrogens is 2. The molecule has 1 atom stereocenters. The van der Waals surface area contributed by atoms with Gasteiger partial charge in [0.1, 0.15) is 0 Å². The molecule has 1 aromatic heterocycles. The first-order valence-corrected chi connectivity index (χ1v) is 14.4. The summed E-state index contributed by atoms with van der Waals surface area (Å²) in [5.74, 6) is 1.83. The van der Waals surface area contributed by atoms with Gasteiger partial charge in [0.15, 0.2) is 10.4 Å². The molecular formula is C28H51BrN2O3. The molecule has 1 rings (SSSR count). The number of halogens is 1. The highest BCUT2D eigenvalue weighted by atomic mass is 79.9. The lowest BCUT2D eigenvalue weighted by Gasteiger charge is -2.45. The van der Waals surface area contributed by atoms with Gasteiger partial charge in [-0.15, -0.1) is 0 Å². The Hall–Kier alpha value is -0.880. The van der Waals surface area contributed by atoms with E-state index in [4.69, 9.17) is 9.47 Å². The van der Waals surface area contributed by atoms with Gasteiger partial charge in [-0.25, -0.2) is 9.78 Å². The molecule has 198 valence electrons. The molecule has 0 saturated carbocycles. The topological polar surface area (TPSA) is 53.4 Å². The molecule has 0 aliphatic heterocycles. The fourth-order valence-electron chi connectivity index (χ4n) is 5.70. The number of ether oxygens (including phenoxy) is 2. The molecule has 5 nitrogen and oxygen atoms in total. The van der Waals surface area contributed by atoms with Gasteiger partial charge in [0.2, 0.25) is 0 Å². The maximum Gasteiger partial charge on any atom is 0.358 e. The highest BCUT2D eigenvalue weighted by molar-refractivity contribution is 9.10. The largest absolute Gasteiger partial charge is 0.461 e. The zero-order valence-electron chi connectivity index (χ0n) is 23.2. The van der Waals surface area contributed by atoms with Gasteiger partial charge in [0, 0.05) is 12.8 Å². The van der Waals surface area contributed by atoms with Crippen molar-refractivity contribution in [2.45, 2.75) is 113 Å². The Morgan fingerprint density at radius 1 is 0.941 bits per heavy atom. The average Bonchev–Trinajstić information content (AvgIpc) is 3.15. The van der Waals surface area contributed by atoms with Gasteiger partial charge in [-0.1, -0.05) is 80.1 Å². The van der Waals surface area contributed by atoms with E-state index in [1.165, 1.54) is 44.9 Å². The fraction of sp³-hybridized carbons (Fsp3) is 0.857. The van der Waals surface area contributed by atoms with Crippen LogP contribution in [-0.4, -0.2) is 35.3 Å². The van der Waals surface area contributed by atoms with E-state index in [1.54, 1.807) is 13.1 Å². The first-order valence-electron chi connectivity index (χ1n) is 13.6. The number of nitrogens with zero attached hydrogens (tertiary/aromatic N) is 2. The van der Waals surface area contributed by atoms with Crippen molar-refractivity contribution in [1.82, 2.24) is 9.55 Å². The first kappa shape index (κ1) is 31.2. The zero-order valence-corrected chi connectivity index (χ0v) is 24.7. The van der Waals surface area contributed by atoms with Crippen molar-refractivity contribution in [3.63, 3.8) is 0 Å². The van der Waals surface area contributed by atoms with E-state index in [0.717, 1.165) is 30.8 Å². The summed E-state index contributed by atoms with van der Waals surface area (Å²) in [4.78, 5) is 16.1. The number of hydrogen-bond donors (Lipinski definition) is 0. The quantitative estimate of drug-likeness (QED) is 0.138. The first-order chi connectivity index (χ1) is 16.1. The third kappa shape index (κ3) is 9.29. The van der Waals surface area contributed by atoms with Gasteiger partial charge >= 0.3 is 5.97 Å². The number of unbranched alkanes of at least 4 members (excludes halogenated alkanes) is 6. The van der Waals surface area contributed by atoms with Gasteiger partial charge in [-0.3, -0.25) is 0 Å². The van der Waals surface area contributed by atoms with Crippen LogP contribution in [0.25, 0.3) is 0 Å². The second-order valence-electron chi connectivity index (χ2n) is 10.7. The Morgan fingerprint density at radius 3 is 2.00 bits per heavy atom. The van der Waals surface area contributed by atoms with Crippen molar-refractivity contribution in [1.29, 1.82) is 0 Å². The van der Waals surface area contributed by atoms with Crippen LogP contribution in [0.4, 0.5) is 0 Å². The van der Waals surface area contributed by atoms with Crippen LogP contribution in [0.3, 0.4) is 0 Å². The molecule has 0 saturated heterocycles. The monoisotopic (exact) mass is 542 g/mol. The zero-order chi connectivity index (χ0) is 25.7. The minimum atomic E-state index is -0.394. The lowest BCUT2D eigenvalue weighted by Crippen LogP contribution is -2.38. The van der Waals surface area contributed by atoms with Gasteiger partial charge in [-0.05, 0) is 65.8 Å². The van der Waals surface area contributed by atoms with E-state index in [9.17, 15) is 4.79 Å². The fourth-order valence-corrected chi connectivity index (χ4v) is 6.35. The molecule has 0 fully saturated rings. The standard InChI is InChI=1S/C28H51BrN2O3/c1-9-34-26(32)25-19-31(27(29)30-25)24(8)20-33-18-16-14-12-10-11-13-15-17-28(21(2)3,22(4)5)23(6)7/h19,21-24H,9-18,20H2,1-8H3/t24-/m0/s1. The van der Waals surface area contributed by atoms with Gasteiger partial charge < -0.3 is 14.0 Å². The summed E-state index contributed by atoms with van der Waals surface area (Å²) in [5.41, 5.74) is 0.796. The van der Waals surface area contributed by atoms with Gasteiger partial charge in [0.05, 0.1) is 19.3 Å². The molecule has 0 unspecified atom stereocenters. The predicted molar refractivity (Wildman–Crippen MR) is 145 cm³/mol. The smallest absolute Gasteiger partial charge is 0.358 e. The average molecular weight is 544 g/mol. The number of imidazole rings is 1. The van der Waals surface area contributed by atoms with Crippen molar-refractivity contribution in [3.05, 3.63) is 16.6 Å². The van der Waals surface area contributed by atoms with Crippen molar-refractivity contribution < 1.29 is 14.3 Å². The van der Waals surface area contributed by atoms with E-state index < -0.39 is 5.97 Å². The van der Waals surface area contributed by atoms with Crippen LogP contribution in [0.1, 0.15) is 123 Å². The summed E-state index contributed by atoms with van der Waals surface area (Å²) in [6.45, 7) is 20.1. The lowest BCUT2D eigenvalue weighted by atomic mass is 9.60. The highest BCUT2D eigenvalue weighted by Crippen LogP contribution is 2.47. The Morgan fingerprint density at radius 2 is 1.47 bits per heavy atom. The van der Waals surface area contributed by atoms with E-state index >= 15 is 0 Å². The molecule has 0 aromatic carbocycles. The number of hydrogen-bond acceptors (Lipinski definition) is 4. The number of carbonyl (C=O) groups is 1. The minimum Gasteiger partial charge on any atom is -0.461 e. The van der Waals surface area contributed by atoms with Crippen LogP contribution in [0.15, 0.2) is 10.9 Å². The Labute approximate surface area is 217 Å². The molecule has 6 heteroatoms. The summed E-state index contributed by atoms with van der Waals surface area (Å²) in [5, 5.41) is 0. The second kappa shape index (κ2) is 16.0. The second-order valence-corrected chi connectivity index (χ2v) is 11.5. The molecule has 1 aromatic rings. The Bertz CT molecular complexity index is 678. The molecule has 0 N–H and O–H groups in total. The molecule has 0 aliphatic carbocycles. The van der Waals surface area contributed by atoms with E-state index in [0.29, 0.717) is 29.1 Å². The van der Waals surface area contributed by atoms with Crippen molar-refractivity contribution in [2.24, 2.45) is 23.2 Å². The van der Waals surface area contributed by atoms with Gasteiger partial charge in [-0.2, -0.15) is 0 Å². The predicted octanol–water partition coefficient (Wildman–Crippen LogP) is 8.48. The number of rotatable bonds is 18. The Kier molecular flexibility index (Phi) is 14.6. The van der Waals surface area contributed by atoms with E-state index in [-0.39, 0.29) is 6.04 Å². The van der Waals surface area contributed by atoms with Crippen LogP contribution in [0.5, 0.6) is 0 Å². The SMILES string of the molecule is CCOC(=O)c1cn([C@@H](C)COCCCCCCCCCC(C(C)C)(C(C)C)C(C)C)c(Br)n1. The van der Waals surface area contributed by atoms with Crippen molar-refractivity contribution >= 4 is 21.9 Å². The van der Waals surface area contributed by atoms with Crippen LogP contribution >= 0.6 is 15.9 Å². The summed E-state index contributed by atoms with van der Waals surface area (Å²) in [6, 6.07) is 0.0969. The van der Waals surface area contributed by atoms with E-state index in [1.807, 2.05) is 4.57 Å². The van der Waals surface area contributed by atoms with E-state index in [2.05, 4.69) is 69.4 Å². The number of esters is 1. The summed E-state index contributed by atoms with van der Waals surface area (Å²) in [6.07, 6.45) is 12.1. The molecule has 0 aliphatic rings. The normalized spacial score (nSPS) is 13.3. The van der Waals surface area contributed by atoms with Gasteiger partial charge in [0.25, 0.3) is 0 Å². The van der Waals surface area contributed by atoms with Crippen molar-refractivity contribution in [2.75, 3.05) is 19.8 Å². The van der Waals surface area contributed by atoms with Crippen LogP contribution in [0.2, 0.25) is 0 Å². The van der Waals surface area contributed by atoms with Crippen molar-refractivity contribution in [3.8, 4) is 0 Å². The molecule has 0 bridgehead atoms.